The van der Waals surface area contributed by atoms with Gasteiger partial charge in [-0.2, -0.15) is 5.06 Å². The molecule has 1 amide bonds. The molecule has 0 atom stereocenters. The number of anilines is 2. The van der Waals surface area contributed by atoms with Crippen LogP contribution in [0.25, 0.3) is 10.8 Å². The van der Waals surface area contributed by atoms with Crippen molar-refractivity contribution in [1.29, 1.82) is 0 Å². The molecule has 0 aliphatic rings. The zero-order valence-corrected chi connectivity index (χ0v) is 26.8. The van der Waals surface area contributed by atoms with Crippen LogP contribution >= 0.6 is 0 Å². The minimum atomic E-state index is -0.582. The van der Waals surface area contributed by atoms with Gasteiger partial charge in [0.1, 0.15) is 11.5 Å². The van der Waals surface area contributed by atoms with E-state index in [0.717, 1.165) is 24.8 Å². The van der Waals surface area contributed by atoms with Crippen molar-refractivity contribution in [1.82, 2.24) is 0 Å². The minimum Gasteiger partial charge on any atom is -0.506 e. The first-order chi connectivity index (χ1) is 21.9. The fourth-order valence-electron chi connectivity index (χ4n) is 5.47. The SMILES string of the molecule is CCCCCCCCCCCCON(C(=O)c1cc(OC(=O)c2ccccc2NC)c2ccccc2c1O)c1cccc(C)c1. The number of unbranched alkanes of at least 4 members (excludes halogenated alkanes) is 9. The molecule has 4 aromatic rings. The first-order valence-electron chi connectivity index (χ1n) is 16.2. The monoisotopic (exact) mass is 610 g/mol. The molecule has 4 aromatic carbocycles. The van der Waals surface area contributed by atoms with E-state index in [1.54, 1.807) is 55.6 Å². The molecule has 7 nitrogen and oxygen atoms in total. The lowest BCUT2D eigenvalue weighted by Gasteiger charge is -2.23. The van der Waals surface area contributed by atoms with Crippen molar-refractivity contribution in [3.63, 3.8) is 0 Å². The number of esters is 1. The van der Waals surface area contributed by atoms with Crippen LogP contribution in [0.5, 0.6) is 11.5 Å². The van der Waals surface area contributed by atoms with Crippen LogP contribution in [0.4, 0.5) is 11.4 Å². The fraction of sp³-hybridized carbons (Fsp3) is 0.368. The Hall–Kier alpha value is -4.36. The predicted molar refractivity (Wildman–Crippen MR) is 182 cm³/mol. The van der Waals surface area contributed by atoms with Crippen LogP contribution in [0, 0.1) is 6.92 Å². The lowest BCUT2D eigenvalue weighted by atomic mass is 10.0. The van der Waals surface area contributed by atoms with Crippen LogP contribution in [-0.4, -0.2) is 30.6 Å². The molecule has 0 saturated carbocycles. The summed E-state index contributed by atoms with van der Waals surface area (Å²) in [5.41, 5.74) is 2.47. The Morgan fingerprint density at radius 1 is 0.756 bits per heavy atom. The number of hydrogen-bond acceptors (Lipinski definition) is 6. The second-order valence-electron chi connectivity index (χ2n) is 11.5. The van der Waals surface area contributed by atoms with Gasteiger partial charge in [0, 0.05) is 23.5 Å². The summed E-state index contributed by atoms with van der Waals surface area (Å²) in [6.45, 7) is 4.54. The number of amides is 1. The number of benzene rings is 4. The lowest BCUT2D eigenvalue weighted by Crippen LogP contribution is -2.32. The molecule has 2 N–H and O–H groups in total. The smallest absolute Gasteiger partial charge is 0.345 e. The van der Waals surface area contributed by atoms with E-state index in [-0.39, 0.29) is 17.1 Å². The van der Waals surface area contributed by atoms with Crippen molar-refractivity contribution >= 4 is 34.0 Å². The van der Waals surface area contributed by atoms with E-state index in [0.29, 0.717) is 34.3 Å². The summed E-state index contributed by atoms with van der Waals surface area (Å²) in [5, 5.41) is 16.5. The van der Waals surface area contributed by atoms with Gasteiger partial charge in [-0.05, 0) is 49.2 Å². The van der Waals surface area contributed by atoms with Crippen LogP contribution in [-0.2, 0) is 4.84 Å². The molecule has 0 heterocycles. The minimum absolute atomic E-state index is 0.0250. The van der Waals surface area contributed by atoms with E-state index in [1.807, 2.05) is 31.2 Å². The number of para-hydroxylation sites is 1. The van der Waals surface area contributed by atoms with Gasteiger partial charge in [-0.15, -0.1) is 0 Å². The van der Waals surface area contributed by atoms with Gasteiger partial charge in [-0.25, -0.2) is 4.79 Å². The molecule has 0 saturated heterocycles. The van der Waals surface area contributed by atoms with Gasteiger partial charge < -0.3 is 15.2 Å². The molecular formula is C38H46N2O5. The molecule has 0 aliphatic carbocycles. The Labute approximate surface area is 267 Å². The molecule has 238 valence electrons. The Bertz CT molecular complexity index is 1570. The molecule has 4 rings (SSSR count). The third kappa shape index (κ3) is 9.08. The maximum atomic E-state index is 14.1. The second kappa shape index (κ2) is 17.2. The highest BCUT2D eigenvalue weighted by atomic mass is 16.7. The van der Waals surface area contributed by atoms with E-state index in [1.165, 1.54) is 56.1 Å². The van der Waals surface area contributed by atoms with E-state index >= 15 is 0 Å². The number of aryl methyl sites for hydroxylation is 1. The van der Waals surface area contributed by atoms with Crippen molar-refractivity contribution in [2.24, 2.45) is 0 Å². The number of phenols is 1. The van der Waals surface area contributed by atoms with Crippen LogP contribution in [0.15, 0.2) is 78.9 Å². The van der Waals surface area contributed by atoms with Crippen LogP contribution in [0.3, 0.4) is 0 Å². The highest BCUT2D eigenvalue weighted by Gasteiger charge is 2.26. The predicted octanol–water partition coefficient (Wildman–Crippen LogP) is 9.61. The summed E-state index contributed by atoms with van der Waals surface area (Å²) in [5.74, 6) is -1.17. The number of carbonyl (C=O) groups is 2. The summed E-state index contributed by atoms with van der Waals surface area (Å²) in [6.07, 6.45) is 11.9. The van der Waals surface area contributed by atoms with Gasteiger partial charge in [-0.1, -0.05) is 113 Å². The Morgan fingerprint density at radius 2 is 1.40 bits per heavy atom. The van der Waals surface area contributed by atoms with Gasteiger partial charge >= 0.3 is 5.97 Å². The van der Waals surface area contributed by atoms with Gasteiger partial charge in [0.15, 0.2) is 0 Å². The highest BCUT2D eigenvalue weighted by Crippen LogP contribution is 2.38. The lowest BCUT2D eigenvalue weighted by molar-refractivity contribution is 0.0632. The third-order valence-electron chi connectivity index (χ3n) is 7.97. The topological polar surface area (TPSA) is 88.1 Å². The molecule has 0 aliphatic heterocycles. The van der Waals surface area contributed by atoms with Crippen molar-refractivity contribution in [3.8, 4) is 11.5 Å². The molecular weight excluding hydrogens is 564 g/mol. The summed E-state index contributed by atoms with van der Waals surface area (Å²) >= 11 is 0. The number of ether oxygens (including phenoxy) is 1. The first kappa shape index (κ1) is 33.5. The standard InChI is InChI=1S/C38H46N2O5/c1-4-5-6-7-8-9-10-11-12-17-25-44-40(29-20-18-19-28(2)26-29)37(42)33-27-35(30-21-13-14-22-31(30)36(33)41)45-38(43)32-23-15-16-24-34(32)39-3/h13-16,18-24,26-27,39,41H,4-12,17,25H2,1-3H3. The van der Waals surface area contributed by atoms with Crippen LogP contribution < -0.4 is 15.1 Å². The quantitative estimate of drug-likeness (QED) is 0.0536. The highest BCUT2D eigenvalue weighted by molar-refractivity contribution is 6.12. The van der Waals surface area contributed by atoms with E-state index < -0.39 is 11.9 Å². The number of hydrogen-bond donors (Lipinski definition) is 2. The zero-order valence-electron chi connectivity index (χ0n) is 26.8. The molecule has 0 fully saturated rings. The van der Waals surface area contributed by atoms with Crippen molar-refractivity contribution in [2.75, 3.05) is 24.0 Å². The maximum absolute atomic E-state index is 14.1. The maximum Gasteiger partial charge on any atom is 0.345 e. The summed E-state index contributed by atoms with van der Waals surface area (Å²) in [7, 11) is 1.73. The van der Waals surface area contributed by atoms with Gasteiger partial charge in [0.2, 0.25) is 0 Å². The molecule has 0 spiro atoms. The number of nitrogens with zero attached hydrogens (tertiary/aromatic N) is 1. The Balaban J connectivity index is 1.53. The zero-order chi connectivity index (χ0) is 32.0. The van der Waals surface area contributed by atoms with Gasteiger partial charge in [-0.3, -0.25) is 9.63 Å². The average molecular weight is 611 g/mol. The normalized spacial score (nSPS) is 11.0. The molecule has 0 aromatic heterocycles. The van der Waals surface area contributed by atoms with Crippen LogP contribution in [0.1, 0.15) is 97.4 Å². The largest absolute Gasteiger partial charge is 0.506 e. The number of nitrogens with one attached hydrogen (secondary N) is 1. The van der Waals surface area contributed by atoms with Crippen molar-refractivity contribution < 1.29 is 24.3 Å². The van der Waals surface area contributed by atoms with Gasteiger partial charge in [0.05, 0.1) is 23.4 Å². The molecule has 0 radical (unpaired) electrons. The molecule has 0 bridgehead atoms. The number of rotatable bonds is 17. The number of hydroxylamine groups is 1. The van der Waals surface area contributed by atoms with Crippen LogP contribution in [0.2, 0.25) is 0 Å². The Morgan fingerprint density at radius 3 is 2.09 bits per heavy atom. The van der Waals surface area contributed by atoms with E-state index in [9.17, 15) is 14.7 Å². The first-order valence-corrected chi connectivity index (χ1v) is 16.2. The summed E-state index contributed by atoms with van der Waals surface area (Å²) in [6, 6.07) is 22.9. The average Bonchev–Trinajstić information content (AvgIpc) is 3.06. The third-order valence-corrected chi connectivity index (χ3v) is 7.97. The number of fused-ring (bicyclic) bond motifs is 1. The summed E-state index contributed by atoms with van der Waals surface area (Å²) in [4.78, 5) is 33.5. The molecule has 0 unspecified atom stereocenters. The van der Waals surface area contributed by atoms with Crippen molar-refractivity contribution in [2.45, 2.75) is 78.1 Å². The van der Waals surface area contributed by atoms with Gasteiger partial charge in [0.25, 0.3) is 5.91 Å². The van der Waals surface area contributed by atoms with E-state index in [2.05, 4.69) is 12.2 Å². The molecule has 45 heavy (non-hydrogen) atoms. The number of phenolic OH excluding ortho intramolecular Hbond substituents is 1. The summed E-state index contributed by atoms with van der Waals surface area (Å²) < 4.78 is 5.88. The second-order valence-corrected chi connectivity index (χ2v) is 11.5. The number of carbonyl (C=O) groups excluding carboxylic acids is 2. The van der Waals surface area contributed by atoms with E-state index in [4.69, 9.17) is 9.57 Å². The Kier molecular flexibility index (Phi) is 12.8. The molecule has 7 heteroatoms. The number of aromatic hydroxyl groups is 1. The fourth-order valence-corrected chi connectivity index (χ4v) is 5.47. The van der Waals surface area contributed by atoms with Crippen molar-refractivity contribution in [3.05, 3.63) is 95.6 Å².